The molecule has 1 aliphatic rings. The Hall–Kier alpha value is -2.66. The quantitative estimate of drug-likeness (QED) is 0.697. The lowest BCUT2D eigenvalue weighted by Gasteiger charge is -2.31. The number of hydrogen-bond donors (Lipinski definition) is 3. The van der Waals surface area contributed by atoms with Gasteiger partial charge in [0.1, 0.15) is 5.54 Å². The molecule has 0 bridgehead atoms. The number of benzene rings is 2. The minimum Gasteiger partial charge on any atom is -0.481 e. The van der Waals surface area contributed by atoms with Gasteiger partial charge in [-0.05, 0) is 43.4 Å². The standard InChI is InChI=1S/C22H25NO4/c1-13-8-9-14(2)16(10-13)18(15-6-4-3-5-7-15)12-22(23,21(26)27)19-11-17(19)20(24)25/h3-10,17-19H,11-12,23H2,1-2H3,(H,24,25)(H,26,27). The molecule has 4 unspecified atom stereocenters. The van der Waals surface area contributed by atoms with Gasteiger partial charge in [-0.2, -0.15) is 0 Å². The number of aryl methyl sites for hydroxylation is 2. The molecule has 4 atom stereocenters. The Morgan fingerprint density at radius 1 is 1.15 bits per heavy atom. The second-order valence-corrected chi connectivity index (χ2v) is 7.66. The summed E-state index contributed by atoms with van der Waals surface area (Å²) in [6.07, 6.45) is 0.470. The summed E-state index contributed by atoms with van der Waals surface area (Å²) in [7, 11) is 0. The first-order chi connectivity index (χ1) is 12.7. The molecule has 3 rings (SSSR count). The maximum atomic E-state index is 12.1. The van der Waals surface area contributed by atoms with E-state index in [1.165, 1.54) is 0 Å². The summed E-state index contributed by atoms with van der Waals surface area (Å²) < 4.78 is 0. The first kappa shape index (κ1) is 19.1. The van der Waals surface area contributed by atoms with Crippen molar-refractivity contribution in [3.05, 3.63) is 70.8 Å². The number of carboxylic acid groups (broad SMARTS) is 2. The Labute approximate surface area is 158 Å². The van der Waals surface area contributed by atoms with Gasteiger partial charge in [-0.1, -0.05) is 54.1 Å². The van der Waals surface area contributed by atoms with Crippen LogP contribution in [-0.4, -0.2) is 27.7 Å². The van der Waals surface area contributed by atoms with E-state index in [2.05, 4.69) is 6.07 Å². The Kier molecular flexibility index (Phi) is 5.07. The minimum absolute atomic E-state index is 0.158. The smallest absolute Gasteiger partial charge is 0.324 e. The third-order valence-corrected chi connectivity index (χ3v) is 5.72. The van der Waals surface area contributed by atoms with Crippen molar-refractivity contribution in [3.63, 3.8) is 0 Å². The second-order valence-electron chi connectivity index (χ2n) is 7.66. The zero-order chi connectivity index (χ0) is 19.8. The number of hydrogen-bond acceptors (Lipinski definition) is 3. The molecule has 4 N–H and O–H groups in total. The summed E-state index contributed by atoms with van der Waals surface area (Å²) in [4.78, 5) is 23.4. The van der Waals surface area contributed by atoms with Crippen LogP contribution >= 0.6 is 0 Å². The van der Waals surface area contributed by atoms with Gasteiger partial charge in [0, 0.05) is 11.8 Å². The van der Waals surface area contributed by atoms with E-state index in [1.54, 1.807) is 0 Å². The molecule has 27 heavy (non-hydrogen) atoms. The van der Waals surface area contributed by atoms with Crippen LogP contribution < -0.4 is 5.73 Å². The Morgan fingerprint density at radius 2 is 1.81 bits per heavy atom. The van der Waals surface area contributed by atoms with Crippen molar-refractivity contribution in [1.82, 2.24) is 0 Å². The summed E-state index contributed by atoms with van der Waals surface area (Å²) >= 11 is 0. The first-order valence-corrected chi connectivity index (χ1v) is 9.11. The van der Waals surface area contributed by atoms with E-state index in [4.69, 9.17) is 5.73 Å². The van der Waals surface area contributed by atoms with Gasteiger partial charge >= 0.3 is 11.9 Å². The van der Waals surface area contributed by atoms with Crippen LogP contribution in [0.3, 0.4) is 0 Å². The van der Waals surface area contributed by atoms with Crippen molar-refractivity contribution in [1.29, 1.82) is 0 Å². The van der Waals surface area contributed by atoms with E-state index in [0.717, 1.165) is 22.3 Å². The van der Waals surface area contributed by atoms with Gasteiger partial charge in [0.05, 0.1) is 5.92 Å². The third kappa shape index (κ3) is 3.74. The minimum atomic E-state index is -1.58. The maximum absolute atomic E-state index is 12.1. The molecule has 0 heterocycles. The third-order valence-electron chi connectivity index (χ3n) is 5.72. The van der Waals surface area contributed by atoms with Crippen LogP contribution in [0.25, 0.3) is 0 Å². The number of aliphatic carboxylic acids is 2. The van der Waals surface area contributed by atoms with Crippen LogP contribution in [0.4, 0.5) is 0 Å². The lowest BCUT2D eigenvalue weighted by molar-refractivity contribution is -0.145. The molecule has 2 aromatic rings. The van der Waals surface area contributed by atoms with Gasteiger partial charge in [-0.3, -0.25) is 9.59 Å². The Morgan fingerprint density at radius 3 is 2.37 bits per heavy atom. The molecular formula is C22H25NO4. The predicted molar refractivity (Wildman–Crippen MR) is 103 cm³/mol. The van der Waals surface area contributed by atoms with Crippen LogP contribution in [-0.2, 0) is 9.59 Å². The van der Waals surface area contributed by atoms with Crippen molar-refractivity contribution in [2.24, 2.45) is 17.6 Å². The monoisotopic (exact) mass is 367 g/mol. The lowest BCUT2D eigenvalue weighted by atomic mass is 9.76. The van der Waals surface area contributed by atoms with Crippen molar-refractivity contribution in [2.75, 3.05) is 0 Å². The van der Waals surface area contributed by atoms with E-state index >= 15 is 0 Å². The first-order valence-electron chi connectivity index (χ1n) is 9.11. The number of rotatable bonds is 7. The van der Waals surface area contributed by atoms with E-state index < -0.39 is 29.3 Å². The van der Waals surface area contributed by atoms with Gasteiger partial charge in [0.25, 0.3) is 0 Å². The fourth-order valence-electron chi connectivity index (χ4n) is 4.00. The molecule has 1 aliphatic carbocycles. The Bertz CT molecular complexity index is 864. The van der Waals surface area contributed by atoms with Gasteiger partial charge in [-0.15, -0.1) is 0 Å². The molecular weight excluding hydrogens is 342 g/mol. The van der Waals surface area contributed by atoms with E-state index in [1.807, 2.05) is 56.3 Å². The summed E-state index contributed by atoms with van der Waals surface area (Å²) in [6.45, 7) is 4.00. The van der Waals surface area contributed by atoms with Gasteiger partial charge in [0.2, 0.25) is 0 Å². The lowest BCUT2D eigenvalue weighted by Crippen LogP contribution is -2.52. The van der Waals surface area contributed by atoms with E-state index in [9.17, 15) is 19.8 Å². The van der Waals surface area contributed by atoms with Crippen molar-refractivity contribution >= 4 is 11.9 Å². The van der Waals surface area contributed by atoms with E-state index in [0.29, 0.717) is 6.42 Å². The molecule has 2 aromatic carbocycles. The highest BCUT2D eigenvalue weighted by molar-refractivity contribution is 5.83. The van der Waals surface area contributed by atoms with Crippen LogP contribution in [0.2, 0.25) is 0 Å². The molecule has 0 aromatic heterocycles. The van der Waals surface area contributed by atoms with Crippen LogP contribution in [0, 0.1) is 25.7 Å². The molecule has 1 fully saturated rings. The van der Waals surface area contributed by atoms with Crippen LogP contribution in [0.15, 0.2) is 48.5 Å². The normalized spacial score (nSPS) is 21.9. The van der Waals surface area contributed by atoms with Gasteiger partial charge < -0.3 is 15.9 Å². The molecule has 142 valence electrons. The highest BCUT2D eigenvalue weighted by atomic mass is 16.4. The van der Waals surface area contributed by atoms with Crippen LogP contribution in [0.5, 0.6) is 0 Å². The maximum Gasteiger partial charge on any atom is 0.324 e. The average Bonchev–Trinajstić information content (AvgIpc) is 3.44. The van der Waals surface area contributed by atoms with Gasteiger partial charge in [-0.25, -0.2) is 0 Å². The molecule has 0 radical (unpaired) electrons. The zero-order valence-electron chi connectivity index (χ0n) is 15.6. The summed E-state index contributed by atoms with van der Waals surface area (Å²) in [6, 6.07) is 15.8. The van der Waals surface area contributed by atoms with Crippen molar-refractivity contribution < 1.29 is 19.8 Å². The number of carbonyl (C=O) groups is 2. The molecule has 5 heteroatoms. The average molecular weight is 367 g/mol. The molecule has 0 spiro atoms. The summed E-state index contributed by atoms with van der Waals surface area (Å²) in [5.74, 6) is -3.56. The van der Waals surface area contributed by atoms with Gasteiger partial charge in [0.15, 0.2) is 0 Å². The highest BCUT2D eigenvalue weighted by Crippen LogP contribution is 2.50. The largest absolute Gasteiger partial charge is 0.481 e. The summed E-state index contributed by atoms with van der Waals surface area (Å²) in [5.41, 5.74) is 8.96. The molecule has 0 saturated heterocycles. The SMILES string of the molecule is Cc1ccc(C)c(C(CC(N)(C(=O)O)C2CC2C(=O)O)c2ccccc2)c1. The molecule has 0 amide bonds. The summed E-state index contributed by atoms with van der Waals surface area (Å²) in [5, 5.41) is 19.2. The van der Waals surface area contributed by atoms with Crippen LogP contribution in [0.1, 0.15) is 41.0 Å². The number of nitrogens with two attached hydrogens (primary N) is 1. The highest BCUT2D eigenvalue weighted by Gasteiger charge is 2.59. The number of carboxylic acids is 2. The zero-order valence-corrected chi connectivity index (χ0v) is 15.6. The fourth-order valence-corrected chi connectivity index (χ4v) is 4.00. The molecule has 1 saturated carbocycles. The topological polar surface area (TPSA) is 101 Å². The Balaban J connectivity index is 2.04. The molecule has 5 nitrogen and oxygen atoms in total. The van der Waals surface area contributed by atoms with Crippen molar-refractivity contribution in [2.45, 2.75) is 38.1 Å². The second kappa shape index (κ2) is 7.16. The predicted octanol–water partition coefficient (Wildman–Crippen LogP) is 3.33. The molecule has 0 aliphatic heterocycles. The van der Waals surface area contributed by atoms with E-state index in [-0.39, 0.29) is 12.3 Å². The fraction of sp³-hybridized carbons (Fsp3) is 0.364. The van der Waals surface area contributed by atoms with Crippen molar-refractivity contribution in [3.8, 4) is 0 Å².